The van der Waals surface area contributed by atoms with Crippen LogP contribution in [0.3, 0.4) is 0 Å². The van der Waals surface area contributed by atoms with E-state index in [1.54, 1.807) is 0 Å². The van der Waals surface area contributed by atoms with E-state index in [-0.39, 0.29) is 0 Å². The molecule has 6 aromatic rings. The molecule has 3 aliphatic rings. The van der Waals surface area contributed by atoms with Crippen molar-refractivity contribution in [3.63, 3.8) is 0 Å². The number of hydrogen-bond acceptors (Lipinski definition) is 2. The minimum absolute atomic E-state index is 0.352. The second-order valence-corrected chi connectivity index (χ2v) is 13.3. The Morgan fingerprint density at radius 2 is 1.07 bits per heavy atom. The summed E-state index contributed by atoms with van der Waals surface area (Å²) in [5.41, 5.74) is 8.08. The number of para-hydroxylation sites is 2. The van der Waals surface area contributed by atoms with E-state index in [0.717, 1.165) is 32.6 Å². The number of allylic oxidation sites excluding steroid dienone is 4. The van der Waals surface area contributed by atoms with Gasteiger partial charge in [0.05, 0.1) is 16.7 Å². The van der Waals surface area contributed by atoms with E-state index in [9.17, 15) is 0 Å². The minimum atomic E-state index is 0.352. The predicted octanol–water partition coefficient (Wildman–Crippen LogP) is 10.7. The molecule has 3 heteroatoms. The highest BCUT2D eigenvalue weighted by Crippen LogP contribution is 2.46. The average molecular weight is 588 g/mol. The molecule has 0 radical (unpaired) electrons. The van der Waals surface area contributed by atoms with Gasteiger partial charge in [-0.25, -0.2) is 0 Å². The van der Waals surface area contributed by atoms with Crippen molar-refractivity contribution < 1.29 is 0 Å². The van der Waals surface area contributed by atoms with Crippen LogP contribution in [0, 0.1) is 0 Å². The number of hydrogen-bond donors (Lipinski definition) is 0. The average Bonchev–Trinajstić information content (AvgIpc) is 3.45. The molecule has 9 rings (SSSR count). The molecule has 3 nitrogen and oxygen atoms in total. The highest BCUT2D eigenvalue weighted by Gasteiger charge is 2.25. The molecule has 0 bridgehead atoms. The van der Waals surface area contributed by atoms with Crippen LogP contribution >= 0.6 is 0 Å². The maximum atomic E-state index is 2.62. The Morgan fingerprint density at radius 3 is 1.67 bits per heavy atom. The lowest BCUT2D eigenvalue weighted by atomic mass is 9.83. The first-order valence-corrected chi connectivity index (χ1v) is 17.2. The molecular formula is C42H41N3. The van der Waals surface area contributed by atoms with E-state index in [1.807, 2.05) is 0 Å². The molecule has 0 amide bonds. The number of piperidine rings is 2. The Labute approximate surface area is 266 Å². The second kappa shape index (κ2) is 11.1. The maximum absolute atomic E-state index is 2.62. The van der Waals surface area contributed by atoms with Crippen molar-refractivity contribution in [2.45, 2.75) is 50.9 Å². The zero-order chi connectivity index (χ0) is 29.7. The van der Waals surface area contributed by atoms with Crippen molar-refractivity contribution in [3.8, 4) is 5.69 Å². The number of benzene rings is 5. The Morgan fingerprint density at radius 1 is 0.489 bits per heavy atom. The topological polar surface area (TPSA) is 11.4 Å². The van der Waals surface area contributed by atoms with E-state index in [1.165, 1.54) is 105 Å². The van der Waals surface area contributed by atoms with E-state index >= 15 is 0 Å². The van der Waals surface area contributed by atoms with E-state index in [4.69, 9.17) is 0 Å². The SMILES string of the molecule is C1=CCC(c2c3cc(N4CCCCC4)ccc3c(-n3c4ccccc4c4ccccc43)c3cc(N4CCCCC4)ccc23)C=C1. The van der Waals surface area contributed by atoms with Crippen molar-refractivity contribution in [2.75, 3.05) is 36.0 Å². The highest BCUT2D eigenvalue weighted by atomic mass is 15.1. The molecule has 2 saturated heterocycles. The van der Waals surface area contributed by atoms with Gasteiger partial charge in [0, 0.05) is 65.0 Å². The Hall–Kier alpha value is -4.50. The number of fused-ring (bicyclic) bond motifs is 5. The van der Waals surface area contributed by atoms with Gasteiger partial charge in [-0.1, -0.05) is 72.8 Å². The van der Waals surface area contributed by atoms with Gasteiger partial charge in [0.25, 0.3) is 0 Å². The van der Waals surface area contributed by atoms with Crippen molar-refractivity contribution in [3.05, 3.63) is 115 Å². The monoisotopic (exact) mass is 587 g/mol. The third-order valence-electron chi connectivity index (χ3n) is 10.7. The fourth-order valence-corrected chi connectivity index (χ4v) is 8.51. The lowest BCUT2D eigenvalue weighted by Crippen LogP contribution is -2.29. The minimum Gasteiger partial charge on any atom is -0.372 e. The van der Waals surface area contributed by atoms with E-state index in [2.05, 4.69) is 124 Å². The summed E-state index contributed by atoms with van der Waals surface area (Å²) in [5.74, 6) is 0.352. The molecule has 0 saturated carbocycles. The fraction of sp³-hybridized carbons (Fsp3) is 0.286. The molecule has 224 valence electrons. The van der Waals surface area contributed by atoms with Crippen LogP contribution in [0.15, 0.2) is 109 Å². The van der Waals surface area contributed by atoms with E-state index < -0.39 is 0 Å². The van der Waals surface area contributed by atoms with Crippen LogP contribution < -0.4 is 9.80 Å². The summed E-state index contributed by atoms with van der Waals surface area (Å²) in [7, 11) is 0. The van der Waals surface area contributed by atoms with Crippen molar-refractivity contribution >= 4 is 54.7 Å². The summed E-state index contributed by atoms with van der Waals surface area (Å²) in [5, 5.41) is 8.13. The van der Waals surface area contributed by atoms with Gasteiger partial charge in [0.1, 0.15) is 0 Å². The Bertz CT molecular complexity index is 2060. The van der Waals surface area contributed by atoms with Crippen LogP contribution in [0.5, 0.6) is 0 Å². The van der Waals surface area contributed by atoms with Gasteiger partial charge in [-0.05, 0) is 97.7 Å². The van der Waals surface area contributed by atoms with Crippen molar-refractivity contribution in [1.82, 2.24) is 4.57 Å². The first-order chi connectivity index (χ1) is 22.3. The van der Waals surface area contributed by atoms with Gasteiger partial charge in [-0.2, -0.15) is 0 Å². The number of aromatic nitrogens is 1. The van der Waals surface area contributed by atoms with Gasteiger partial charge < -0.3 is 14.4 Å². The molecule has 1 aromatic heterocycles. The Kier molecular flexibility index (Phi) is 6.65. The highest BCUT2D eigenvalue weighted by molar-refractivity contribution is 6.17. The lowest BCUT2D eigenvalue weighted by Gasteiger charge is -2.31. The number of rotatable bonds is 4. The third kappa shape index (κ3) is 4.47. The summed E-state index contributed by atoms with van der Waals surface area (Å²) in [6.45, 7) is 4.59. The lowest BCUT2D eigenvalue weighted by molar-refractivity contribution is 0.578. The van der Waals surface area contributed by atoms with Gasteiger partial charge in [-0.15, -0.1) is 0 Å². The van der Waals surface area contributed by atoms with E-state index in [0.29, 0.717) is 5.92 Å². The van der Waals surface area contributed by atoms with Crippen LogP contribution in [-0.2, 0) is 0 Å². The summed E-state index contributed by atoms with van der Waals surface area (Å²) < 4.78 is 2.58. The van der Waals surface area contributed by atoms with Crippen LogP contribution in [0.2, 0.25) is 0 Å². The molecule has 1 atom stereocenters. The first kappa shape index (κ1) is 26.9. The molecular weight excluding hydrogens is 546 g/mol. The molecule has 3 heterocycles. The fourth-order valence-electron chi connectivity index (χ4n) is 8.51. The summed E-state index contributed by atoms with van der Waals surface area (Å²) in [4.78, 5) is 5.23. The smallest absolute Gasteiger partial charge is 0.0619 e. The molecule has 1 aliphatic carbocycles. The van der Waals surface area contributed by atoms with Crippen LogP contribution in [0.25, 0.3) is 49.0 Å². The van der Waals surface area contributed by atoms with Gasteiger partial charge in [-0.3, -0.25) is 0 Å². The molecule has 1 unspecified atom stereocenters. The van der Waals surface area contributed by atoms with Crippen LogP contribution in [0.1, 0.15) is 56.4 Å². The van der Waals surface area contributed by atoms with Gasteiger partial charge in [0.2, 0.25) is 0 Å². The standard InChI is InChI=1S/C42H41N3/c1-4-14-30(15-5-1)41-35-22-20-32(44-26-12-3-13-27-44)29-38(35)42(36-23-21-31(28-37(36)41)43-24-10-2-11-25-43)45-39-18-8-6-16-33(39)34-17-7-9-19-40(34)45/h1,4-9,14,16-23,28-30H,2-3,10-13,15,24-27H2. The molecule has 45 heavy (non-hydrogen) atoms. The van der Waals surface area contributed by atoms with Crippen LogP contribution in [-0.4, -0.2) is 30.7 Å². The largest absolute Gasteiger partial charge is 0.372 e. The molecule has 0 N–H and O–H groups in total. The second-order valence-electron chi connectivity index (χ2n) is 13.3. The summed E-state index contributed by atoms with van der Waals surface area (Å²) >= 11 is 0. The quantitative estimate of drug-likeness (QED) is 0.190. The van der Waals surface area contributed by atoms with Gasteiger partial charge in [0.15, 0.2) is 0 Å². The molecule has 2 fully saturated rings. The van der Waals surface area contributed by atoms with Crippen molar-refractivity contribution in [1.29, 1.82) is 0 Å². The zero-order valence-corrected chi connectivity index (χ0v) is 26.1. The first-order valence-electron chi connectivity index (χ1n) is 17.2. The molecule has 0 spiro atoms. The third-order valence-corrected chi connectivity index (χ3v) is 10.7. The maximum Gasteiger partial charge on any atom is 0.0619 e. The number of anilines is 2. The zero-order valence-electron chi connectivity index (χ0n) is 26.1. The Balaban J connectivity index is 1.42. The normalized spacial score (nSPS) is 19.0. The molecule has 5 aromatic carbocycles. The van der Waals surface area contributed by atoms with Gasteiger partial charge >= 0.3 is 0 Å². The molecule has 2 aliphatic heterocycles. The van der Waals surface area contributed by atoms with Crippen LogP contribution in [0.4, 0.5) is 11.4 Å². The number of nitrogens with zero attached hydrogens (tertiary/aromatic N) is 3. The predicted molar refractivity (Wildman–Crippen MR) is 194 cm³/mol. The summed E-state index contributed by atoms with van der Waals surface area (Å²) in [6, 6.07) is 32.8. The van der Waals surface area contributed by atoms with Crippen molar-refractivity contribution in [2.24, 2.45) is 0 Å². The summed E-state index contributed by atoms with van der Waals surface area (Å²) in [6.07, 6.45) is 18.1.